The van der Waals surface area contributed by atoms with E-state index in [9.17, 15) is 9.59 Å². The van der Waals surface area contributed by atoms with E-state index < -0.39 is 5.97 Å². The molecule has 0 aliphatic rings. The lowest BCUT2D eigenvalue weighted by atomic mass is 10.3. The van der Waals surface area contributed by atoms with E-state index in [0.29, 0.717) is 32.5 Å². The predicted octanol–water partition coefficient (Wildman–Crippen LogP) is 6.82. The maximum absolute atomic E-state index is 11.7. The molecule has 654 valence electrons. The third kappa shape index (κ3) is 106. The number of aliphatic carboxylic acids is 1. The fourth-order valence-electron chi connectivity index (χ4n) is 3.71. The van der Waals surface area contributed by atoms with Crippen LogP contribution >= 0.6 is 31.9 Å². The van der Waals surface area contributed by atoms with Crippen LogP contribution in [-0.4, -0.2) is 40.2 Å². The monoisotopic (exact) mass is 3020 g/mol. The number of halogens is 2. The number of pyridine rings is 2. The average Bonchev–Trinajstić information content (AvgIpc) is 0.936. The van der Waals surface area contributed by atoms with Gasteiger partial charge >= 0.3 is 5.97 Å². The molecule has 114 heavy (non-hydrogen) atoms. The number of nitrogen functional groups attached to an aromatic ring is 1. The van der Waals surface area contributed by atoms with Crippen LogP contribution in [0.15, 0.2) is 107 Å². The van der Waals surface area contributed by atoms with E-state index in [1.54, 1.807) is 262 Å². The average molecular weight is 3030 g/mol. The van der Waals surface area contributed by atoms with Crippen molar-refractivity contribution in [1.29, 1.82) is 0 Å². The largest absolute Gasteiger partial charge is 0.494 e. The molecule has 2 aromatic carbocycles. The van der Waals surface area contributed by atoms with E-state index in [-0.39, 0.29) is 12.3 Å². The van der Waals surface area contributed by atoms with Gasteiger partial charge in [0.05, 0.1) is 13.2 Å². The summed E-state index contributed by atoms with van der Waals surface area (Å²) in [5.74, 6) is 0.746. The lowest BCUT2D eigenvalue weighted by Crippen LogP contribution is -2.12. The van der Waals surface area contributed by atoms with Crippen LogP contribution in [0.3, 0.4) is 0 Å². The summed E-state index contributed by atoms with van der Waals surface area (Å²) >= 11 is 25.9. The summed E-state index contributed by atoms with van der Waals surface area (Å²) in [6.07, 6.45) is 8.39. The van der Waals surface area contributed by atoms with Crippen LogP contribution < -0.4 is 20.5 Å². The van der Waals surface area contributed by atoms with E-state index >= 15 is 0 Å². The molecule has 0 unspecified atom stereocenters. The number of carbonyl (C=O) groups excluding carboxylic acids is 1. The van der Waals surface area contributed by atoms with Crippen LogP contribution in [0.25, 0.3) is 0 Å². The van der Waals surface area contributed by atoms with Gasteiger partial charge < -0.3 is 25.6 Å². The van der Waals surface area contributed by atoms with Gasteiger partial charge in [0.1, 0.15) is 11.5 Å². The lowest BCUT2D eigenvalue weighted by Gasteiger charge is -2.07. The summed E-state index contributed by atoms with van der Waals surface area (Å²) in [5, 5.41) is 11.2. The predicted molar refractivity (Wildman–Crippen MR) is 705 cm³/mol. The molecule has 0 bridgehead atoms. The summed E-state index contributed by atoms with van der Waals surface area (Å²) in [5.41, 5.74) is 6.84. The first kappa shape index (κ1) is 126. The molecule has 0 atom stereocenters. The number of nitrogens with one attached hydrogen (secondary N) is 1. The summed E-state index contributed by atoms with van der Waals surface area (Å²) in [6.45, 7) is 0.947. The molecule has 0 radical (unpaired) electrons. The highest BCUT2D eigenvalue weighted by Gasteiger charge is 2.03. The lowest BCUT2D eigenvalue weighted by molar-refractivity contribution is -0.137. The maximum atomic E-state index is 11.7. The number of amides is 1. The number of carboxylic acid groups (broad SMARTS) is 1. The van der Waals surface area contributed by atoms with Crippen molar-refractivity contribution in [2.45, 2.75) is 25.7 Å². The molecule has 2 heterocycles. The molecule has 84 heteroatoms. The highest BCUT2D eigenvalue weighted by atomic mass is 79.9. The first-order valence-corrected chi connectivity index (χ1v) is 121. The molecule has 0 saturated carbocycles. The van der Waals surface area contributed by atoms with Crippen LogP contribution in [0.4, 0.5) is 11.4 Å². The van der Waals surface area contributed by atoms with Crippen molar-refractivity contribution in [2.24, 2.45) is 0 Å². The van der Waals surface area contributed by atoms with E-state index in [1.807, 2.05) is 413 Å². The SMILES string of the molecule is Nc1ccncc1.O=C(CCCOc1cccc(Br)c1)Nc1ccncc1.O=C(O)CCCOc1cccc(Br)c1.S=S=S=S=S=S=S=S=S=S=S=S=S=S=S=S=S=S=S=S=S=S=S=S=S=S=S=S=S=S=S=S=S=S=S=S.S=S=S=S=S=S=S=S=S=S=S=S=S=S=S=S=S=S=S=S=S=S=S=S=S=S=S=S=S=S=S=S=S=S=S=S=S. The van der Waals surface area contributed by atoms with E-state index in [2.05, 4.69) is 47.1 Å². The number of hydrogen-bond acceptors (Lipinski definition) is 11. The van der Waals surface area contributed by atoms with Gasteiger partial charge in [-0.1, -0.05) is 44.0 Å². The molecule has 4 aromatic rings. The summed E-state index contributed by atoms with van der Waals surface area (Å²) in [4.78, 5) is 29.5. The molecule has 0 aliphatic heterocycles. The van der Waals surface area contributed by atoms with Crippen molar-refractivity contribution in [3.05, 3.63) is 107 Å². The number of benzene rings is 2. The first-order chi connectivity index (χ1) is 56.1. The van der Waals surface area contributed by atoms with Crippen molar-refractivity contribution < 1.29 is 24.2 Å². The number of rotatable bonds is 11. The Morgan fingerprint density at radius 2 is 0.518 bits per heavy atom. The zero-order valence-corrected chi connectivity index (χ0v) is 115. The Bertz CT molecular complexity index is 7080. The number of hydrogen-bond donors (Lipinski definition) is 3. The van der Waals surface area contributed by atoms with Gasteiger partial charge in [-0.25, -0.2) is 0 Å². The van der Waals surface area contributed by atoms with Gasteiger partial charge in [-0.05, 0) is 73.5 Å². The molecule has 0 spiro atoms. The minimum Gasteiger partial charge on any atom is -0.494 e. The molecular weight excluding hydrogens is 3000 g/mol. The first-order valence-electron chi connectivity index (χ1n) is 24.5. The Kier molecular flexibility index (Phi) is 122. The number of carbonyl (C=O) groups is 2. The van der Waals surface area contributed by atoms with Crippen LogP contribution in [0.2, 0.25) is 0 Å². The standard InChI is InChI=1S/C15H15BrN2O2.C10H11BrO3.C5H6N2.S37.S36/c16-12-3-1-4-14(11-12)20-10-2-5-15(19)18-13-6-8-17-9-7-13;11-8-3-1-4-9(7-8)14-6-2-5-10(12)13;6-5-1-3-7-4-2-5;1-3-5-7-9-11-13-15-17-19-21-23-25-27-29-31-33-35-37-36-34-32-30-28-26-24-22-20-18-16-14-12-10-8-6-4-2;1-3-5-7-9-11-13-15-17-19-21-23-25-27-29-31-33-35-36-34-32-30-28-26-24-22-20-18-16-14-12-10-8-6-4-2/h1,3-4,6-9,11H,2,5,10H2,(H,17,18,19);1,3-4,7H,2,5-6H2,(H,12,13);1-4H,(H2,6,7);;. The quantitative estimate of drug-likeness (QED) is 0.136. The molecular formula is C30H32Br2N4O5S73. The number of carboxylic acids is 1. The Labute approximate surface area is 891 Å². The number of aromatic nitrogens is 2. The van der Waals surface area contributed by atoms with Crippen molar-refractivity contribution in [3.63, 3.8) is 0 Å². The third-order valence-electron chi connectivity index (χ3n) is 6.74. The van der Waals surface area contributed by atoms with Crippen molar-refractivity contribution in [2.75, 3.05) is 24.3 Å². The van der Waals surface area contributed by atoms with E-state index in [4.69, 9.17) is 65.1 Å². The highest BCUT2D eigenvalue weighted by molar-refractivity contribution is 9.11. The zero-order chi connectivity index (χ0) is 82.5. The molecule has 4 rings (SSSR count). The number of anilines is 2. The number of nitrogens with two attached hydrogens (primary N) is 1. The summed E-state index contributed by atoms with van der Waals surface area (Å²) in [7, 11) is 122. The van der Waals surface area contributed by atoms with Crippen LogP contribution in [0, 0.1) is 0 Å². The Balaban J connectivity index is 0.00000152. The fourth-order valence-corrected chi connectivity index (χ4v) is 183. The second-order valence-electron chi connectivity index (χ2n) is 13.0. The second kappa shape index (κ2) is 110. The molecule has 0 fully saturated rings. The highest BCUT2D eigenvalue weighted by Crippen LogP contribution is 2.19. The minimum atomic E-state index is -0.789. The minimum absolute atomic E-state index is 0.0194. The molecule has 9 nitrogen and oxygen atoms in total. The zero-order valence-electron chi connectivity index (χ0n) is 52.1. The van der Waals surface area contributed by atoms with Gasteiger partial charge in [-0.15, -0.1) is 0 Å². The van der Waals surface area contributed by atoms with Gasteiger partial charge in [-0.3, -0.25) is 19.6 Å². The smallest absolute Gasteiger partial charge is 0.303 e. The Morgan fingerprint density at radius 3 is 0.702 bits per heavy atom. The molecule has 0 saturated heterocycles. The van der Waals surface area contributed by atoms with Gasteiger partial charge in [0.25, 0.3) is 0 Å². The molecule has 1 amide bonds. The molecule has 4 N–H and O–H groups in total. The topological polar surface area (TPSA) is 137 Å². The molecule has 2 aromatic heterocycles. The van der Waals surface area contributed by atoms with Gasteiger partial charge in [-0.2, -0.15) is 0 Å². The molecule has 0 aliphatic carbocycles. The van der Waals surface area contributed by atoms with Crippen LogP contribution in [0.1, 0.15) is 25.7 Å². The van der Waals surface area contributed by atoms with Gasteiger partial charge in [0.2, 0.25) is 5.91 Å². The van der Waals surface area contributed by atoms with E-state index in [0.717, 1.165) is 31.8 Å². The van der Waals surface area contributed by atoms with Crippen LogP contribution in [-0.2, 0) is 667 Å². The Hall–Kier alpha value is 12.1. The maximum Gasteiger partial charge on any atom is 0.303 e. The van der Waals surface area contributed by atoms with Crippen LogP contribution in [0.5, 0.6) is 11.5 Å². The summed E-state index contributed by atoms with van der Waals surface area (Å²) < 4.78 is 12.8. The fraction of sp³-hybridized carbons (Fsp3) is 0.200. The van der Waals surface area contributed by atoms with Crippen molar-refractivity contribution in [3.8, 4) is 11.5 Å². The third-order valence-corrected chi connectivity index (χ3v) is 157. The van der Waals surface area contributed by atoms with Crippen molar-refractivity contribution >= 4 is 713 Å². The summed E-state index contributed by atoms with van der Waals surface area (Å²) in [6, 6.07) is 22.1. The normalized spacial score (nSPS) is 8.40. The number of ether oxygens (including phenoxy) is 2. The van der Waals surface area contributed by atoms with Gasteiger partial charge in [0, 0.05) is 715 Å². The van der Waals surface area contributed by atoms with Gasteiger partial charge in [0.15, 0.2) is 0 Å². The number of nitrogens with zero attached hydrogens (tertiary/aromatic N) is 2. The van der Waals surface area contributed by atoms with E-state index in [1.165, 1.54) is 35.5 Å². The van der Waals surface area contributed by atoms with Crippen molar-refractivity contribution in [1.82, 2.24) is 9.97 Å². The Morgan fingerprint density at radius 1 is 0.316 bits per heavy atom. The second-order valence-corrected chi connectivity index (χ2v) is 137.